The van der Waals surface area contributed by atoms with E-state index in [1.54, 1.807) is 0 Å². The zero-order valence-electron chi connectivity index (χ0n) is 18.0. The van der Waals surface area contributed by atoms with E-state index in [0.717, 1.165) is 12.0 Å². The highest BCUT2D eigenvalue weighted by molar-refractivity contribution is 5.84. The van der Waals surface area contributed by atoms with Crippen LogP contribution in [0.4, 0.5) is 0 Å². The molecule has 0 bridgehead atoms. The number of nitrogens with zero attached hydrogens (tertiary/aromatic N) is 1. The van der Waals surface area contributed by atoms with Gasteiger partial charge in [-0.3, -0.25) is 9.59 Å². The topological polar surface area (TPSA) is 77.1 Å². The predicted octanol–water partition coefficient (Wildman–Crippen LogP) is 3.03. The number of benzene rings is 1. The van der Waals surface area contributed by atoms with Gasteiger partial charge >= 0.3 is 5.97 Å². The minimum Gasteiger partial charge on any atom is -0.460 e. The summed E-state index contributed by atoms with van der Waals surface area (Å²) in [6.45, 7) is 11.1. The summed E-state index contributed by atoms with van der Waals surface area (Å²) >= 11 is 0. The smallest absolute Gasteiger partial charge is 0.308 e. The van der Waals surface area contributed by atoms with Gasteiger partial charge in [0.2, 0.25) is 12.7 Å². The third-order valence-corrected chi connectivity index (χ3v) is 4.97. The van der Waals surface area contributed by atoms with Crippen LogP contribution in [0.15, 0.2) is 18.2 Å². The molecule has 2 atom stereocenters. The van der Waals surface area contributed by atoms with Gasteiger partial charge in [0, 0.05) is 13.1 Å². The molecule has 7 nitrogen and oxygen atoms in total. The molecule has 0 radical (unpaired) electrons. The Labute approximate surface area is 172 Å². The number of amides is 1. The van der Waals surface area contributed by atoms with E-state index in [4.69, 9.17) is 14.2 Å². The molecular formula is C22H32N2O5. The standard InChI is InChI=1S/C22H32N2O5/c1-14(2)10-16-21(26)24(9-8-23-16)17(12-20(25)29-22(3,4)5)15-6-7-18-19(11-15)28-13-27-18/h6-7,11,14,16-17,23H,8-10,12-13H2,1-5H3. The monoisotopic (exact) mass is 404 g/mol. The van der Waals surface area contributed by atoms with Crippen molar-refractivity contribution in [2.75, 3.05) is 19.9 Å². The number of fused-ring (bicyclic) bond motifs is 1. The maximum absolute atomic E-state index is 13.2. The van der Waals surface area contributed by atoms with E-state index in [9.17, 15) is 9.59 Å². The minimum absolute atomic E-state index is 0.0242. The Balaban J connectivity index is 1.87. The molecule has 2 heterocycles. The molecule has 3 rings (SSSR count). The van der Waals surface area contributed by atoms with Gasteiger partial charge in [0.05, 0.1) is 18.5 Å². The third kappa shape index (κ3) is 5.41. The van der Waals surface area contributed by atoms with E-state index in [0.29, 0.717) is 30.5 Å². The van der Waals surface area contributed by atoms with Crippen molar-refractivity contribution in [3.05, 3.63) is 23.8 Å². The molecule has 160 valence electrons. The minimum atomic E-state index is -0.579. The van der Waals surface area contributed by atoms with Gasteiger partial charge in [-0.25, -0.2) is 0 Å². The average molecular weight is 405 g/mol. The van der Waals surface area contributed by atoms with Crippen LogP contribution in [0.3, 0.4) is 0 Å². The van der Waals surface area contributed by atoms with E-state index in [1.807, 2.05) is 43.9 Å². The third-order valence-electron chi connectivity index (χ3n) is 4.97. The fourth-order valence-electron chi connectivity index (χ4n) is 3.79. The molecule has 7 heteroatoms. The molecule has 1 amide bonds. The number of piperazine rings is 1. The summed E-state index contributed by atoms with van der Waals surface area (Å²) in [6, 6.07) is 4.94. The second-order valence-electron chi connectivity index (χ2n) is 9.09. The number of hydrogen-bond acceptors (Lipinski definition) is 6. The number of rotatable bonds is 6. The Bertz CT molecular complexity index is 756. The molecule has 0 spiro atoms. The first kappa shape index (κ1) is 21.4. The van der Waals surface area contributed by atoms with Crippen LogP contribution >= 0.6 is 0 Å². The molecule has 1 N–H and O–H groups in total. The average Bonchev–Trinajstić information content (AvgIpc) is 3.07. The van der Waals surface area contributed by atoms with Crippen LogP contribution in [0.2, 0.25) is 0 Å². The van der Waals surface area contributed by atoms with Crippen LogP contribution in [0.25, 0.3) is 0 Å². The molecule has 29 heavy (non-hydrogen) atoms. The molecular weight excluding hydrogens is 372 g/mol. The lowest BCUT2D eigenvalue weighted by atomic mass is 9.96. The summed E-state index contributed by atoms with van der Waals surface area (Å²) in [7, 11) is 0. The molecule has 2 aliphatic heterocycles. The number of esters is 1. The molecule has 1 aromatic carbocycles. The Hall–Kier alpha value is -2.28. The number of carbonyl (C=O) groups is 2. The summed E-state index contributed by atoms with van der Waals surface area (Å²) in [6.07, 6.45) is 0.854. The van der Waals surface area contributed by atoms with E-state index < -0.39 is 11.6 Å². The molecule has 0 aliphatic carbocycles. The number of hydrogen-bond donors (Lipinski definition) is 1. The van der Waals surface area contributed by atoms with Crippen molar-refractivity contribution in [1.29, 1.82) is 0 Å². The Morgan fingerprint density at radius 1 is 1.28 bits per heavy atom. The van der Waals surface area contributed by atoms with Gasteiger partial charge in [0.1, 0.15) is 5.60 Å². The van der Waals surface area contributed by atoms with Crippen molar-refractivity contribution in [1.82, 2.24) is 10.2 Å². The van der Waals surface area contributed by atoms with Crippen LogP contribution in [-0.4, -0.2) is 48.3 Å². The van der Waals surface area contributed by atoms with Crippen LogP contribution in [0.5, 0.6) is 11.5 Å². The highest BCUT2D eigenvalue weighted by Crippen LogP contribution is 2.37. The summed E-state index contributed by atoms with van der Waals surface area (Å²) < 4.78 is 16.5. The molecule has 1 aromatic rings. The number of nitrogens with one attached hydrogen (secondary N) is 1. The van der Waals surface area contributed by atoms with Crippen molar-refractivity contribution in [3.8, 4) is 11.5 Å². The van der Waals surface area contributed by atoms with Gasteiger partial charge in [-0.15, -0.1) is 0 Å². The summed E-state index contributed by atoms with van der Waals surface area (Å²) in [4.78, 5) is 27.7. The summed E-state index contributed by atoms with van der Waals surface area (Å²) in [5.74, 6) is 1.40. The van der Waals surface area contributed by atoms with Gasteiger partial charge < -0.3 is 24.4 Å². The second kappa shape index (κ2) is 8.61. The van der Waals surface area contributed by atoms with Crippen molar-refractivity contribution in [2.45, 2.75) is 65.1 Å². The lowest BCUT2D eigenvalue weighted by molar-refractivity contribution is -0.157. The van der Waals surface area contributed by atoms with Crippen LogP contribution < -0.4 is 14.8 Å². The lowest BCUT2D eigenvalue weighted by Gasteiger charge is -2.39. The van der Waals surface area contributed by atoms with Gasteiger partial charge in [-0.05, 0) is 50.8 Å². The highest BCUT2D eigenvalue weighted by Gasteiger charge is 2.36. The van der Waals surface area contributed by atoms with E-state index in [2.05, 4.69) is 19.2 Å². The van der Waals surface area contributed by atoms with Crippen molar-refractivity contribution < 1.29 is 23.8 Å². The van der Waals surface area contributed by atoms with Crippen LogP contribution in [-0.2, 0) is 14.3 Å². The first-order valence-electron chi connectivity index (χ1n) is 10.3. The molecule has 0 saturated carbocycles. The van der Waals surface area contributed by atoms with E-state index in [-0.39, 0.29) is 31.1 Å². The normalized spacial score (nSPS) is 20.1. The zero-order valence-corrected chi connectivity index (χ0v) is 18.0. The summed E-state index contributed by atoms with van der Waals surface area (Å²) in [5.41, 5.74) is 0.267. The van der Waals surface area contributed by atoms with Gasteiger partial charge in [-0.2, -0.15) is 0 Å². The predicted molar refractivity (Wildman–Crippen MR) is 109 cm³/mol. The first-order valence-corrected chi connectivity index (χ1v) is 10.3. The molecule has 2 aliphatic rings. The van der Waals surface area contributed by atoms with E-state index in [1.165, 1.54) is 0 Å². The maximum Gasteiger partial charge on any atom is 0.308 e. The Kier molecular flexibility index (Phi) is 6.36. The quantitative estimate of drug-likeness (QED) is 0.735. The SMILES string of the molecule is CC(C)CC1NCCN(C(CC(=O)OC(C)(C)C)c2ccc3c(c2)OCO3)C1=O. The van der Waals surface area contributed by atoms with E-state index >= 15 is 0 Å². The van der Waals surface area contributed by atoms with Crippen LogP contribution in [0, 0.1) is 5.92 Å². The molecule has 2 unspecified atom stereocenters. The first-order chi connectivity index (χ1) is 13.6. The van der Waals surface area contributed by atoms with Crippen molar-refractivity contribution in [2.24, 2.45) is 5.92 Å². The molecule has 1 fully saturated rings. The Morgan fingerprint density at radius 2 is 2.00 bits per heavy atom. The fourth-order valence-corrected chi connectivity index (χ4v) is 3.79. The number of carbonyl (C=O) groups excluding carboxylic acids is 2. The molecule has 0 aromatic heterocycles. The Morgan fingerprint density at radius 3 is 2.69 bits per heavy atom. The maximum atomic E-state index is 13.2. The lowest BCUT2D eigenvalue weighted by Crippen LogP contribution is -2.56. The van der Waals surface area contributed by atoms with Crippen LogP contribution in [0.1, 0.15) is 59.1 Å². The summed E-state index contributed by atoms with van der Waals surface area (Å²) in [5, 5.41) is 3.32. The number of ether oxygens (including phenoxy) is 3. The van der Waals surface area contributed by atoms with Crippen molar-refractivity contribution in [3.63, 3.8) is 0 Å². The largest absolute Gasteiger partial charge is 0.460 e. The second-order valence-corrected chi connectivity index (χ2v) is 9.09. The van der Waals surface area contributed by atoms with Gasteiger partial charge in [-0.1, -0.05) is 19.9 Å². The fraction of sp³-hybridized carbons (Fsp3) is 0.636. The van der Waals surface area contributed by atoms with Crippen molar-refractivity contribution >= 4 is 11.9 Å². The molecule has 1 saturated heterocycles. The highest BCUT2D eigenvalue weighted by atomic mass is 16.7. The van der Waals surface area contributed by atoms with Gasteiger partial charge in [0.15, 0.2) is 11.5 Å². The zero-order chi connectivity index (χ0) is 21.2. The van der Waals surface area contributed by atoms with Gasteiger partial charge in [0.25, 0.3) is 0 Å².